The summed E-state index contributed by atoms with van der Waals surface area (Å²) >= 11 is 3.59. The number of hydrogen-bond acceptors (Lipinski definition) is 5. The predicted octanol–water partition coefficient (Wildman–Crippen LogP) is 4.80. The fraction of sp³-hybridized carbons (Fsp3) is 0. The van der Waals surface area contributed by atoms with Gasteiger partial charge in [-0.15, -0.1) is 11.3 Å². The molecule has 4 rings (SSSR count). The Morgan fingerprint density at radius 2 is 1.88 bits per heavy atom. The quantitative estimate of drug-likeness (QED) is 0.420. The lowest BCUT2D eigenvalue weighted by atomic mass is 10.1. The number of hydrogen-bond donors (Lipinski definition) is 2. The van der Waals surface area contributed by atoms with Crippen LogP contribution in [0.2, 0.25) is 0 Å². The number of pyridine rings is 2. The van der Waals surface area contributed by atoms with Gasteiger partial charge >= 0.3 is 0 Å². The van der Waals surface area contributed by atoms with Crippen molar-refractivity contribution < 1.29 is 4.79 Å². The highest BCUT2D eigenvalue weighted by atomic mass is 127. The van der Waals surface area contributed by atoms with Crippen LogP contribution in [0, 0.1) is 3.57 Å². The van der Waals surface area contributed by atoms with E-state index in [4.69, 9.17) is 5.73 Å². The number of rotatable bonds is 3. The van der Waals surface area contributed by atoms with Crippen molar-refractivity contribution in [2.75, 3.05) is 11.1 Å². The molecule has 0 spiro atoms. The van der Waals surface area contributed by atoms with Crippen LogP contribution in [-0.4, -0.2) is 15.9 Å². The Kier molecular flexibility index (Phi) is 4.56. The Balaban J connectivity index is 1.71. The van der Waals surface area contributed by atoms with Crippen molar-refractivity contribution >= 4 is 61.4 Å². The monoisotopic (exact) mass is 472 g/mol. The van der Waals surface area contributed by atoms with Gasteiger partial charge < -0.3 is 11.1 Å². The molecule has 128 valence electrons. The molecule has 0 bridgehead atoms. The summed E-state index contributed by atoms with van der Waals surface area (Å²) in [5.41, 5.74) is 8.66. The molecular formula is C19H13IN4OS. The molecule has 5 nitrogen and oxygen atoms in total. The average molecular weight is 472 g/mol. The number of nitrogens with one attached hydrogen (secondary N) is 1. The van der Waals surface area contributed by atoms with E-state index in [9.17, 15) is 4.79 Å². The number of halogens is 1. The van der Waals surface area contributed by atoms with Crippen LogP contribution in [0.4, 0.5) is 11.4 Å². The number of nitrogens with zero attached hydrogens (tertiary/aromatic N) is 2. The maximum Gasteiger partial charge on any atom is 0.265 e. The van der Waals surface area contributed by atoms with Crippen LogP contribution >= 0.6 is 33.9 Å². The molecule has 3 N–H and O–H groups in total. The van der Waals surface area contributed by atoms with Gasteiger partial charge in [0.2, 0.25) is 0 Å². The molecule has 0 aliphatic rings. The third-order valence-electron chi connectivity index (χ3n) is 3.86. The fourth-order valence-corrected chi connectivity index (χ4v) is 3.85. The van der Waals surface area contributed by atoms with Crippen LogP contribution in [0.15, 0.2) is 60.9 Å². The van der Waals surface area contributed by atoms with Crippen molar-refractivity contribution in [2.45, 2.75) is 0 Å². The van der Waals surface area contributed by atoms with E-state index in [1.807, 2.05) is 42.5 Å². The molecule has 0 aliphatic carbocycles. The summed E-state index contributed by atoms with van der Waals surface area (Å²) in [5, 5.41) is 3.87. The third-order valence-corrected chi connectivity index (χ3v) is 5.63. The van der Waals surface area contributed by atoms with Crippen molar-refractivity contribution in [2.24, 2.45) is 0 Å². The second-order valence-corrected chi connectivity index (χ2v) is 7.87. The smallest absolute Gasteiger partial charge is 0.265 e. The summed E-state index contributed by atoms with van der Waals surface area (Å²) < 4.78 is 1.12. The van der Waals surface area contributed by atoms with Gasteiger partial charge in [0.1, 0.15) is 4.83 Å². The number of amides is 1. The zero-order valence-electron chi connectivity index (χ0n) is 13.4. The van der Waals surface area contributed by atoms with Crippen LogP contribution in [0.5, 0.6) is 0 Å². The molecule has 0 fully saturated rings. The van der Waals surface area contributed by atoms with Crippen molar-refractivity contribution in [3.63, 3.8) is 0 Å². The zero-order chi connectivity index (χ0) is 18.1. The third kappa shape index (κ3) is 3.27. The molecule has 1 amide bonds. The number of carbonyl (C=O) groups is 1. The van der Waals surface area contributed by atoms with Crippen molar-refractivity contribution in [1.82, 2.24) is 9.97 Å². The Morgan fingerprint density at radius 1 is 1.08 bits per heavy atom. The Labute approximate surface area is 167 Å². The van der Waals surface area contributed by atoms with E-state index < -0.39 is 0 Å². The number of anilines is 2. The van der Waals surface area contributed by atoms with Gasteiger partial charge in [-0.25, -0.2) is 4.98 Å². The second-order valence-electron chi connectivity index (χ2n) is 5.59. The normalized spacial score (nSPS) is 10.8. The Bertz CT molecular complexity index is 1080. The minimum absolute atomic E-state index is 0.223. The highest BCUT2D eigenvalue weighted by Gasteiger charge is 2.16. The molecule has 0 saturated heterocycles. The van der Waals surface area contributed by atoms with Crippen LogP contribution in [0.25, 0.3) is 21.5 Å². The molecule has 4 aromatic rings. The number of carbonyl (C=O) groups excluding carboxylic acids is 1. The van der Waals surface area contributed by atoms with Gasteiger partial charge in [-0.3, -0.25) is 9.78 Å². The summed E-state index contributed by atoms with van der Waals surface area (Å²) in [7, 11) is 0. The lowest BCUT2D eigenvalue weighted by molar-refractivity contribution is 0.103. The molecule has 3 aromatic heterocycles. The minimum Gasteiger partial charge on any atom is -0.397 e. The molecule has 0 saturated carbocycles. The summed E-state index contributed by atoms with van der Waals surface area (Å²) in [6.07, 6.45) is 3.36. The van der Waals surface area contributed by atoms with Crippen LogP contribution < -0.4 is 11.1 Å². The summed E-state index contributed by atoms with van der Waals surface area (Å²) in [4.78, 5) is 22.9. The number of thiophene rings is 1. The van der Waals surface area contributed by atoms with Crippen LogP contribution in [-0.2, 0) is 0 Å². The van der Waals surface area contributed by atoms with E-state index in [1.165, 1.54) is 11.3 Å². The molecular weight excluding hydrogens is 459 g/mol. The van der Waals surface area contributed by atoms with Gasteiger partial charge in [0.15, 0.2) is 0 Å². The Morgan fingerprint density at radius 3 is 2.65 bits per heavy atom. The standard InChI is InChI=1S/C19H13IN4OS/c20-13-5-3-11(4-6-13)16-17(14(21)7-9-22-16)24-18(25)15-10-12-2-1-8-23-19(12)26-15/h1-10H,(H2,21,22)(H,24,25). The van der Waals surface area contributed by atoms with E-state index >= 15 is 0 Å². The fourth-order valence-electron chi connectivity index (χ4n) is 2.59. The lowest BCUT2D eigenvalue weighted by Crippen LogP contribution is -2.13. The first-order valence-electron chi connectivity index (χ1n) is 7.78. The number of fused-ring (bicyclic) bond motifs is 1. The molecule has 0 atom stereocenters. The van der Waals surface area contributed by atoms with Crippen molar-refractivity contribution in [1.29, 1.82) is 0 Å². The molecule has 0 aliphatic heterocycles. The molecule has 7 heteroatoms. The summed E-state index contributed by atoms with van der Waals surface area (Å²) in [5.74, 6) is -0.223. The zero-order valence-corrected chi connectivity index (χ0v) is 16.4. The van der Waals surface area contributed by atoms with Gasteiger partial charge in [-0.1, -0.05) is 18.2 Å². The molecule has 0 radical (unpaired) electrons. The maximum absolute atomic E-state index is 12.8. The lowest BCUT2D eigenvalue weighted by Gasteiger charge is -2.12. The van der Waals surface area contributed by atoms with Crippen molar-refractivity contribution in [3.05, 3.63) is 69.4 Å². The van der Waals surface area contributed by atoms with E-state index in [-0.39, 0.29) is 5.91 Å². The summed E-state index contributed by atoms with van der Waals surface area (Å²) in [6, 6.07) is 15.2. The number of aromatic nitrogens is 2. The first kappa shape index (κ1) is 16.9. The van der Waals surface area contributed by atoms with E-state index in [1.54, 1.807) is 18.5 Å². The Hall–Kier alpha value is -2.52. The van der Waals surface area contributed by atoms with E-state index in [0.29, 0.717) is 21.9 Å². The number of benzene rings is 1. The predicted molar refractivity (Wildman–Crippen MR) is 114 cm³/mol. The summed E-state index contributed by atoms with van der Waals surface area (Å²) in [6.45, 7) is 0. The van der Waals surface area contributed by atoms with Gasteiger partial charge in [0.05, 0.1) is 21.9 Å². The maximum atomic E-state index is 12.8. The SMILES string of the molecule is Nc1ccnc(-c2ccc(I)cc2)c1NC(=O)c1cc2cccnc2s1. The highest BCUT2D eigenvalue weighted by Crippen LogP contribution is 2.32. The van der Waals surface area contributed by atoms with Gasteiger partial charge in [-0.05, 0) is 52.9 Å². The van der Waals surface area contributed by atoms with Gasteiger partial charge in [-0.2, -0.15) is 0 Å². The van der Waals surface area contributed by atoms with Gasteiger partial charge in [0, 0.05) is 26.9 Å². The first-order valence-corrected chi connectivity index (χ1v) is 9.67. The van der Waals surface area contributed by atoms with Crippen molar-refractivity contribution in [3.8, 4) is 11.3 Å². The van der Waals surface area contributed by atoms with Crippen LogP contribution in [0.3, 0.4) is 0 Å². The molecule has 26 heavy (non-hydrogen) atoms. The molecule has 0 unspecified atom stereocenters. The second kappa shape index (κ2) is 7.00. The van der Waals surface area contributed by atoms with E-state index in [2.05, 4.69) is 37.9 Å². The molecule has 1 aromatic carbocycles. The highest BCUT2D eigenvalue weighted by molar-refractivity contribution is 14.1. The largest absolute Gasteiger partial charge is 0.397 e. The topological polar surface area (TPSA) is 80.9 Å². The van der Waals surface area contributed by atoms with Crippen LogP contribution in [0.1, 0.15) is 9.67 Å². The minimum atomic E-state index is -0.223. The van der Waals surface area contributed by atoms with Gasteiger partial charge in [0.25, 0.3) is 5.91 Å². The molecule has 3 heterocycles. The first-order chi connectivity index (χ1) is 12.6. The number of nitrogen functional groups attached to an aromatic ring is 1. The average Bonchev–Trinajstić information content (AvgIpc) is 3.08. The van der Waals surface area contributed by atoms with E-state index in [0.717, 1.165) is 19.4 Å². The number of nitrogens with two attached hydrogens (primary N) is 1.